The van der Waals surface area contributed by atoms with Gasteiger partial charge in [-0.15, -0.1) is 0 Å². The normalized spacial score (nSPS) is 19.7. The van der Waals surface area contributed by atoms with Crippen LogP contribution in [0.1, 0.15) is 37.9 Å². The third-order valence-electron chi connectivity index (χ3n) is 5.21. The predicted octanol–water partition coefficient (Wildman–Crippen LogP) is 1.76. The number of rotatable bonds is 5. The van der Waals surface area contributed by atoms with E-state index < -0.39 is 0 Å². The molecule has 0 aromatic carbocycles. The minimum Gasteiger partial charge on any atom is -0.469 e. The predicted molar refractivity (Wildman–Crippen MR) is 95.1 cm³/mol. The molecule has 2 aliphatic heterocycles. The molecule has 1 aromatic rings. The highest BCUT2D eigenvalue weighted by molar-refractivity contribution is 5.78. The highest BCUT2D eigenvalue weighted by atomic mass is 16.3. The first-order valence-electron chi connectivity index (χ1n) is 9.52. The van der Waals surface area contributed by atoms with E-state index in [1.807, 2.05) is 21.9 Å². The fraction of sp³-hybridized carbons (Fsp3) is 0.684. The number of furan rings is 1. The average molecular weight is 347 g/mol. The van der Waals surface area contributed by atoms with E-state index in [9.17, 15) is 9.59 Å². The third-order valence-corrected chi connectivity index (χ3v) is 5.21. The first-order chi connectivity index (χ1) is 12.2. The van der Waals surface area contributed by atoms with Crippen molar-refractivity contribution in [2.75, 3.05) is 45.8 Å². The van der Waals surface area contributed by atoms with E-state index in [0.717, 1.165) is 44.8 Å². The molecule has 0 bridgehead atoms. The van der Waals surface area contributed by atoms with Crippen LogP contribution in [-0.2, 0) is 16.0 Å². The monoisotopic (exact) mass is 347 g/mol. The van der Waals surface area contributed by atoms with Crippen molar-refractivity contribution in [3.05, 3.63) is 24.2 Å². The molecule has 138 valence electrons. The van der Waals surface area contributed by atoms with Crippen molar-refractivity contribution in [1.82, 2.24) is 14.7 Å². The van der Waals surface area contributed by atoms with E-state index in [4.69, 9.17) is 4.42 Å². The van der Waals surface area contributed by atoms with Gasteiger partial charge in [-0.25, -0.2) is 0 Å². The van der Waals surface area contributed by atoms with Gasteiger partial charge in [0.15, 0.2) is 0 Å². The fourth-order valence-corrected chi connectivity index (χ4v) is 3.61. The summed E-state index contributed by atoms with van der Waals surface area (Å²) < 4.78 is 5.28. The Morgan fingerprint density at radius 1 is 0.880 bits per heavy atom. The molecular formula is C19H29N3O3. The third kappa shape index (κ3) is 5.33. The molecule has 1 aromatic heterocycles. The largest absolute Gasteiger partial charge is 0.469 e. The SMILES string of the molecule is O=C(CCc1ccco1)N1CCN(CC(=O)N2CCCCCC2)CC1. The van der Waals surface area contributed by atoms with Crippen molar-refractivity contribution >= 4 is 11.8 Å². The zero-order valence-electron chi connectivity index (χ0n) is 15.0. The lowest BCUT2D eigenvalue weighted by molar-refractivity contribution is -0.135. The highest BCUT2D eigenvalue weighted by Crippen LogP contribution is 2.12. The van der Waals surface area contributed by atoms with Gasteiger partial charge in [-0.2, -0.15) is 0 Å². The topological polar surface area (TPSA) is 57.0 Å². The van der Waals surface area contributed by atoms with Gasteiger partial charge in [-0.05, 0) is 25.0 Å². The Labute approximate surface area is 149 Å². The molecule has 0 saturated carbocycles. The zero-order valence-corrected chi connectivity index (χ0v) is 15.0. The molecule has 3 heterocycles. The van der Waals surface area contributed by atoms with Crippen LogP contribution in [-0.4, -0.2) is 72.3 Å². The number of hydrogen-bond acceptors (Lipinski definition) is 4. The number of piperazine rings is 1. The van der Waals surface area contributed by atoms with E-state index in [2.05, 4.69) is 4.90 Å². The van der Waals surface area contributed by atoms with Crippen molar-refractivity contribution < 1.29 is 14.0 Å². The summed E-state index contributed by atoms with van der Waals surface area (Å²) in [6.07, 6.45) is 7.51. The Kier molecular flexibility index (Phi) is 6.50. The number of amides is 2. The maximum atomic E-state index is 12.5. The molecule has 2 saturated heterocycles. The maximum Gasteiger partial charge on any atom is 0.236 e. The van der Waals surface area contributed by atoms with Gasteiger partial charge in [0.1, 0.15) is 5.76 Å². The molecule has 6 heteroatoms. The Morgan fingerprint density at radius 3 is 2.20 bits per heavy atom. The summed E-state index contributed by atoms with van der Waals surface area (Å²) in [6, 6.07) is 3.75. The van der Waals surface area contributed by atoms with E-state index in [1.165, 1.54) is 12.8 Å². The molecule has 0 spiro atoms. The van der Waals surface area contributed by atoms with Crippen LogP contribution in [0.2, 0.25) is 0 Å². The van der Waals surface area contributed by atoms with Crippen molar-refractivity contribution in [1.29, 1.82) is 0 Å². The van der Waals surface area contributed by atoms with Crippen LogP contribution in [0.15, 0.2) is 22.8 Å². The van der Waals surface area contributed by atoms with Crippen molar-refractivity contribution in [3.8, 4) is 0 Å². The second kappa shape index (κ2) is 9.04. The smallest absolute Gasteiger partial charge is 0.236 e. The van der Waals surface area contributed by atoms with Gasteiger partial charge in [-0.1, -0.05) is 12.8 Å². The Morgan fingerprint density at radius 2 is 1.56 bits per heavy atom. The number of aryl methyl sites for hydroxylation is 1. The quantitative estimate of drug-likeness (QED) is 0.814. The van der Waals surface area contributed by atoms with E-state index in [1.54, 1.807) is 6.26 Å². The standard InChI is InChI=1S/C19H29N3O3/c23-18(8-7-17-6-5-15-25-17)22-13-11-20(12-14-22)16-19(24)21-9-3-1-2-4-10-21/h5-6,15H,1-4,7-14,16H2. The molecule has 2 aliphatic rings. The van der Waals surface area contributed by atoms with Crippen LogP contribution < -0.4 is 0 Å². The summed E-state index contributed by atoms with van der Waals surface area (Å²) in [7, 11) is 0. The second-order valence-corrected chi connectivity index (χ2v) is 7.03. The first kappa shape index (κ1) is 18.0. The number of likely N-dealkylation sites (tertiary alicyclic amines) is 1. The highest BCUT2D eigenvalue weighted by Gasteiger charge is 2.24. The lowest BCUT2D eigenvalue weighted by atomic mass is 10.2. The van der Waals surface area contributed by atoms with E-state index in [0.29, 0.717) is 32.5 Å². The molecule has 25 heavy (non-hydrogen) atoms. The molecular weight excluding hydrogens is 318 g/mol. The average Bonchev–Trinajstić information content (AvgIpc) is 3.00. The zero-order chi connectivity index (χ0) is 17.5. The van der Waals surface area contributed by atoms with Crippen molar-refractivity contribution in [3.63, 3.8) is 0 Å². The molecule has 0 aliphatic carbocycles. The summed E-state index contributed by atoms with van der Waals surface area (Å²) in [6.45, 7) is 5.30. The summed E-state index contributed by atoms with van der Waals surface area (Å²) in [5, 5.41) is 0. The maximum absolute atomic E-state index is 12.5. The molecule has 0 N–H and O–H groups in total. The van der Waals surface area contributed by atoms with Gasteiger partial charge in [0.25, 0.3) is 0 Å². The van der Waals surface area contributed by atoms with Crippen LogP contribution >= 0.6 is 0 Å². The van der Waals surface area contributed by atoms with E-state index >= 15 is 0 Å². The van der Waals surface area contributed by atoms with Gasteiger partial charge >= 0.3 is 0 Å². The first-order valence-corrected chi connectivity index (χ1v) is 9.52. The Balaban J connectivity index is 1.37. The summed E-state index contributed by atoms with van der Waals surface area (Å²) in [5.74, 6) is 1.28. The molecule has 3 rings (SSSR count). The van der Waals surface area contributed by atoms with Gasteiger partial charge in [0.05, 0.1) is 12.8 Å². The van der Waals surface area contributed by atoms with Crippen LogP contribution in [0.4, 0.5) is 0 Å². The van der Waals surface area contributed by atoms with Crippen molar-refractivity contribution in [2.24, 2.45) is 0 Å². The second-order valence-electron chi connectivity index (χ2n) is 7.03. The number of hydrogen-bond donors (Lipinski definition) is 0. The summed E-state index contributed by atoms with van der Waals surface area (Å²) >= 11 is 0. The molecule has 2 fully saturated rings. The molecule has 2 amide bonds. The lowest BCUT2D eigenvalue weighted by Gasteiger charge is -2.35. The number of carbonyl (C=O) groups is 2. The summed E-state index contributed by atoms with van der Waals surface area (Å²) in [4.78, 5) is 30.9. The lowest BCUT2D eigenvalue weighted by Crippen LogP contribution is -2.51. The van der Waals surface area contributed by atoms with Crippen LogP contribution in [0, 0.1) is 0 Å². The minimum atomic E-state index is 0.176. The van der Waals surface area contributed by atoms with Crippen molar-refractivity contribution in [2.45, 2.75) is 38.5 Å². The van der Waals surface area contributed by atoms with E-state index in [-0.39, 0.29) is 11.8 Å². The molecule has 0 unspecified atom stereocenters. The minimum absolute atomic E-state index is 0.176. The summed E-state index contributed by atoms with van der Waals surface area (Å²) in [5.41, 5.74) is 0. The van der Waals surface area contributed by atoms with Gasteiger partial charge in [-0.3, -0.25) is 14.5 Å². The van der Waals surface area contributed by atoms with Gasteiger partial charge in [0, 0.05) is 52.1 Å². The molecule has 0 atom stereocenters. The Hall–Kier alpha value is -1.82. The number of nitrogens with zero attached hydrogens (tertiary/aromatic N) is 3. The van der Waals surface area contributed by atoms with Crippen LogP contribution in [0.5, 0.6) is 0 Å². The van der Waals surface area contributed by atoms with Crippen LogP contribution in [0.3, 0.4) is 0 Å². The van der Waals surface area contributed by atoms with Crippen LogP contribution in [0.25, 0.3) is 0 Å². The Bertz CT molecular complexity index is 542. The van der Waals surface area contributed by atoms with Gasteiger partial charge < -0.3 is 14.2 Å². The fourth-order valence-electron chi connectivity index (χ4n) is 3.61. The molecule has 6 nitrogen and oxygen atoms in total. The van der Waals surface area contributed by atoms with Gasteiger partial charge in [0.2, 0.25) is 11.8 Å². The molecule has 0 radical (unpaired) electrons. The number of carbonyl (C=O) groups excluding carboxylic acids is 2.